The summed E-state index contributed by atoms with van der Waals surface area (Å²) in [5.41, 5.74) is -1.75. The number of hydrogen-bond acceptors (Lipinski definition) is 5. The number of aromatic amines is 2. The smallest absolute Gasteiger partial charge is 0.313 e. The van der Waals surface area contributed by atoms with E-state index in [1.54, 1.807) is 0 Å². The molecule has 0 atom stereocenters. The summed E-state index contributed by atoms with van der Waals surface area (Å²) in [6.45, 7) is 0. The van der Waals surface area contributed by atoms with Crippen molar-refractivity contribution in [3.05, 3.63) is 50.1 Å². The van der Waals surface area contributed by atoms with Gasteiger partial charge in [-0.05, 0) is 0 Å². The number of halogens is 1. The van der Waals surface area contributed by atoms with Crippen molar-refractivity contribution in [3.8, 4) is 0 Å². The zero-order valence-electron chi connectivity index (χ0n) is 8.73. The van der Waals surface area contributed by atoms with Gasteiger partial charge in [0.25, 0.3) is 11.5 Å². The molecule has 2 heterocycles. The Kier molecular flexibility index (Phi) is 3.20. The number of hydrogen-bond donors (Lipinski definition) is 3. The maximum absolute atomic E-state index is 11.7. The molecule has 8 nitrogen and oxygen atoms in total. The molecule has 1 amide bonds. The van der Waals surface area contributed by atoms with Crippen molar-refractivity contribution in [2.45, 2.75) is 0 Å². The van der Waals surface area contributed by atoms with Gasteiger partial charge in [0, 0.05) is 6.20 Å². The van der Waals surface area contributed by atoms with Gasteiger partial charge in [-0.1, -0.05) is 11.6 Å². The molecule has 2 aromatic rings. The number of nitrogens with one attached hydrogen (secondary N) is 3. The van der Waals surface area contributed by atoms with Crippen molar-refractivity contribution in [3.63, 3.8) is 0 Å². The predicted octanol–water partition coefficient (Wildman–Crippen LogP) is -0.241. The van der Waals surface area contributed by atoms with Crippen molar-refractivity contribution in [1.29, 1.82) is 0 Å². The van der Waals surface area contributed by atoms with Crippen molar-refractivity contribution in [2.75, 3.05) is 5.32 Å². The lowest BCUT2D eigenvalue weighted by Crippen LogP contribution is -2.29. The van der Waals surface area contributed by atoms with Gasteiger partial charge in [0.1, 0.15) is 10.7 Å². The van der Waals surface area contributed by atoms with Crippen LogP contribution in [0.5, 0.6) is 0 Å². The molecule has 0 spiro atoms. The highest BCUT2D eigenvalue weighted by molar-refractivity contribution is 6.29. The summed E-state index contributed by atoms with van der Waals surface area (Å²) < 4.78 is 0. The summed E-state index contributed by atoms with van der Waals surface area (Å²) in [5, 5.41) is 2.42. The number of rotatable bonds is 2. The van der Waals surface area contributed by atoms with Gasteiger partial charge in [-0.2, -0.15) is 0 Å². The number of H-pyrrole nitrogens is 2. The van der Waals surface area contributed by atoms with Crippen LogP contribution in [0.25, 0.3) is 0 Å². The van der Waals surface area contributed by atoms with Crippen LogP contribution >= 0.6 is 11.6 Å². The summed E-state index contributed by atoms with van der Waals surface area (Å²) >= 11 is 5.59. The summed E-state index contributed by atoms with van der Waals surface area (Å²) in [4.78, 5) is 45.4. The fourth-order valence-corrected chi connectivity index (χ4v) is 1.31. The highest BCUT2D eigenvalue weighted by atomic mass is 35.5. The topological polar surface area (TPSA) is 121 Å². The summed E-state index contributed by atoms with van der Waals surface area (Å²) in [6, 6.07) is 0. The largest absolute Gasteiger partial charge is 0.325 e. The minimum absolute atomic E-state index is 0.0955. The molecule has 0 radical (unpaired) electrons. The molecule has 2 aromatic heterocycles. The average Bonchev–Trinajstić information content (AvgIpc) is 2.28. The van der Waals surface area contributed by atoms with Crippen LogP contribution in [0.1, 0.15) is 10.4 Å². The average molecular weight is 268 g/mol. The summed E-state index contributed by atoms with van der Waals surface area (Å²) in [7, 11) is 0. The third-order valence-corrected chi connectivity index (χ3v) is 2.09. The maximum atomic E-state index is 11.7. The Morgan fingerprint density at radius 1 is 1.33 bits per heavy atom. The molecule has 0 bridgehead atoms. The number of amides is 1. The predicted molar refractivity (Wildman–Crippen MR) is 62.7 cm³/mol. The highest BCUT2D eigenvalue weighted by Gasteiger charge is 2.11. The quantitative estimate of drug-likeness (QED) is 0.693. The van der Waals surface area contributed by atoms with Crippen molar-refractivity contribution >= 4 is 23.3 Å². The highest BCUT2D eigenvalue weighted by Crippen LogP contribution is 2.07. The molecule has 9 heteroatoms. The third kappa shape index (κ3) is 2.61. The van der Waals surface area contributed by atoms with Crippen LogP contribution in [0.3, 0.4) is 0 Å². The second-order valence-electron chi connectivity index (χ2n) is 3.17. The van der Waals surface area contributed by atoms with Crippen LogP contribution in [-0.2, 0) is 0 Å². The lowest BCUT2D eigenvalue weighted by molar-refractivity contribution is 0.102. The van der Waals surface area contributed by atoms with E-state index in [0.29, 0.717) is 0 Å². The molecule has 92 valence electrons. The Balaban J connectivity index is 2.27. The van der Waals surface area contributed by atoms with Gasteiger partial charge in [0.2, 0.25) is 0 Å². The Morgan fingerprint density at radius 3 is 2.78 bits per heavy atom. The number of nitrogens with zero attached hydrogens (tertiary/aromatic N) is 2. The minimum Gasteiger partial charge on any atom is -0.313 e. The molecule has 0 saturated heterocycles. The van der Waals surface area contributed by atoms with Gasteiger partial charge in [-0.25, -0.2) is 9.78 Å². The van der Waals surface area contributed by atoms with E-state index in [0.717, 1.165) is 6.20 Å². The third-order valence-electron chi connectivity index (χ3n) is 1.91. The van der Waals surface area contributed by atoms with Gasteiger partial charge in [-0.3, -0.25) is 19.6 Å². The molecule has 0 fully saturated rings. The monoisotopic (exact) mass is 267 g/mol. The van der Waals surface area contributed by atoms with Crippen molar-refractivity contribution in [2.24, 2.45) is 0 Å². The van der Waals surface area contributed by atoms with Gasteiger partial charge in [0.15, 0.2) is 5.82 Å². The van der Waals surface area contributed by atoms with Gasteiger partial charge in [-0.15, -0.1) is 0 Å². The number of aromatic nitrogens is 4. The van der Waals surface area contributed by atoms with Gasteiger partial charge in [0.05, 0.1) is 12.4 Å². The van der Waals surface area contributed by atoms with E-state index in [1.807, 2.05) is 4.98 Å². The van der Waals surface area contributed by atoms with Gasteiger partial charge >= 0.3 is 5.69 Å². The van der Waals surface area contributed by atoms with Crippen LogP contribution in [0.4, 0.5) is 5.82 Å². The molecular weight excluding hydrogens is 262 g/mol. The normalized spacial score (nSPS) is 10.1. The molecular formula is C9H6ClN5O3. The number of carbonyl (C=O) groups is 1. The van der Waals surface area contributed by atoms with Crippen molar-refractivity contribution < 1.29 is 4.79 Å². The van der Waals surface area contributed by atoms with E-state index >= 15 is 0 Å². The van der Waals surface area contributed by atoms with E-state index in [1.165, 1.54) is 12.4 Å². The Bertz CT molecular complexity index is 708. The van der Waals surface area contributed by atoms with Crippen molar-refractivity contribution in [1.82, 2.24) is 19.9 Å². The summed E-state index contributed by atoms with van der Waals surface area (Å²) in [5.74, 6) is -0.637. The van der Waals surface area contributed by atoms with Crippen LogP contribution in [-0.4, -0.2) is 25.8 Å². The zero-order chi connectivity index (χ0) is 13.1. The Hall–Kier alpha value is -2.48. The summed E-state index contributed by atoms with van der Waals surface area (Å²) in [6.07, 6.45) is 3.57. The molecule has 2 rings (SSSR count). The Morgan fingerprint density at radius 2 is 2.11 bits per heavy atom. The lowest BCUT2D eigenvalue weighted by Gasteiger charge is -2.02. The first kappa shape index (κ1) is 12.0. The molecule has 0 saturated carbocycles. The van der Waals surface area contributed by atoms with E-state index < -0.39 is 17.2 Å². The first-order valence-corrected chi connectivity index (χ1v) is 5.05. The number of carbonyl (C=O) groups excluding carboxylic acids is 1. The van der Waals surface area contributed by atoms with E-state index in [9.17, 15) is 14.4 Å². The fraction of sp³-hybridized carbons (Fsp3) is 0. The molecule has 18 heavy (non-hydrogen) atoms. The molecule has 0 aliphatic carbocycles. The van der Waals surface area contributed by atoms with Crippen LogP contribution in [0, 0.1) is 0 Å². The molecule has 0 aliphatic rings. The van der Waals surface area contributed by atoms with E-state index in [4.69, 9.17) is 11.6 Å². The lowest BCUT2D eigenvalue weighted by atomic mass is 10.3. The minimum atomic E-state index is -0.800. The molecule has 0 aliphatic heterocycles. The first-order valence-electron chi connectivity index (χ1n) is 4.67. The SMILES string of the molecule is O=C(Nc1cncc(Cl)n1)c1c[nH]c(=O)[nH]c1=O. The van der Waals surface area contributed by atoms with Crippen LogP contribution in [0.15, 0.2) is 28.2 Å². The zero-order valence-corrected chi connectivity index (χ0v) is 9.49. The van der Waals surface area contributed by atoms with E-state index in [2.05, 4.69) is 20.3 Å². The molecule has 0 unspecified atom stereocenters. The van der Waals surface area contributed by atoms with Gasteiger partial charge < -0.3 is 10.3 Å². The number of anilines is 1. The van der Waals surface area contributed by atoms with E-state index in [-0.39, 0.29) is 16.5 Å². The standard InChI is InChI=1S/C9H6ClN5O3/c10-5-2-11-3-6(13-5)14-7(16)4-1-12-9(18)15-8(4)17/h1-3H,(H,13,14,16)(H2,12,15,17,18). The Labute approximate surface area is 104 Å². The fourth-order valence-electron chi connectivity index (χ4n) is 1.16. The van der Waals surface area contributed by atoms with Crippen LogP contribution < -0.4 is 16.6 Å². The maximum Gasteiger partial charge on any atom is 0.325 e. The van der Waals surface area contributed by atoms with Crippen LogP contribution in [0.2, 0.25) is 5.15 Å². The molecule has 3 N–H and O–H groups in total. The second-order valence-corrected chi connectivity index (χ2v) is 3.55. The molecule has 0 aromatic carbocycles. The second kappa shape index (κ2) is 4.80. The first-order chi connectivity index (χ1) is 8.56.